The van der Waals surface area contributed by atoms with Crippen LogP contribution in [0.25, 0.3) is 0 Å². The maximum absolute atomic E-state index is 14.3. The summed E-state index contributed by atoms with van der Waals surface area (Å²) in [6, 6.07) is 3.72. The van der Waals surface area contributed by atoms with Gasteiger partial charge in [0.1, 0.15) is 11.6 Å². The molecule has 0 aromatic heterocycles. The van der Waals surface area contributed by atoms with Gasteiger partial charge in [-0.3, -0.25) is 9.59 Å². The molecule has 2 fully saturated rings. The second-order valence-corrected chi connectivity index (χ2v) is 7.00. The summed E-state index contributed by atoms with van der Waals surface area (Å²) in [7, 11) is 3.38. The maximum Gasteiger partial charge on any atom is 0.233 e. The van der Waals surface area contributed by atoms with E-state index >= 15 is 0 Å². The average molecular weight is 336 g/mol. The molecule has 1 aromatic carbocycles. The van der Waals surface area contributed by atoms with E-state index in [0.717, 1.165) is 6.42 Å². The highest BCUT2D eigenvalue weighted by atomic mass is 19.1. The van der Waals surface area contributed by atoms with Crippen molar-refractivity contribution in [3.63, 3.8) is 0 Å². The van der Waals surface area contributed by atoms with Gasteiger partial charge in [0.2, 0.25) is 11.8 Å². The Morgan fingerprint density at radius 1 is 1.21 bits per heavy atom. The molecule has 1 aliphatic carbocycles. The molecule has 1 atom stereocenters. The zero-order chi connectivity index (χ0) is 17.5. The lowest BCUT2D eigenvalue weighted by molar-refractivity contribution is -0.140. The number of benzene rings is 1. The first-order chi connectivity index (χ1) is 11.4. The van der Waals surface area contributed by atoms with Crippen molar-refractivity contribution in [2.24, 2.45) is 5.92 Å². The quantitative estimate of drug-likeness (QED) is 0.850. The minimum atomic E-state index is -1.11. The molecule has 6 heteroatoms. The van der Waals surface area contributed by atoms with E-state index in [1.165, 1.54) is 23.1 Å². The minimum absolute atomic E-state index is 0.00923. The van der Waals surface area contributed by atoms with Crippen LogP contribution in [-0.2, 0) is 15.0 Å². The Labute approximate surface area is 140 Å². The number of hydrogen-bond acceptors (Lipinski definition) is 2. The fraction of sp³-hybridized carbons (Fsp3) is 0.556. The molecule has 0 spiro atoms. The van der Waals surface area contributed by atoms with Gasteiger partial charge in [-0.15, -0.1) is 0 Å². The monoisotopic (exact) mass is 336 g/mol. The smallest absolute Gasteiger partial charge is 0.233 e. The summed E-state index contributed by atoms with van der Waals surface area (Å²) >= 11 is 0. The van der Waals surface area contributed by atoms with Gasteiger partial charge in [0.15, 0.2) is 0 Å². The zero-order valence-corrected chi connectivity index (χ0v) is 14.0. The maximum atomic E-state index is 14.3. The number of halogens is 2. The summed E-state index contributed by atoms with van der Waals surface area (Å²) in [5.41, 5.74) is -1.21. The molecule has 3 rings (SSSR count). The van der Waals surface area contributed by atoms with E-state index in [4.69, 9.17) is 0 Å². The molecule has 4 nitrogen and oxygen atoms in total. The van der Waals surface area contributed by atoms with Crippen LogP contribution in [0.3, 0.4) is 0 Å². The molecule has 0 N–H and O–H groups in total. The van der Waals surface area contributed by atoms with Gasteiger partial charge in [-0.1, -0.05) is 12.5 Å². The molecule has 1 aliphatic heterocycles. The molecule has 2 amide bonds. The standard InChI is InChI=1S/C18H22F2N2O2/c1-21(2)16(23)12-7-10-22(11-12)17(24)18(8-4-9-18)15-13(19)5-3-6-14(15)20/h3,5-6,12H,4,7-11H2,1-2H3. The van der Waals surface area contributed by atoms with Crippen LogP contribution >= 0.6 is 0 Å². The van der Waals surface area contributed by atoms with Crippen molar-refractivity contribution >= 4 is 11.8 Å². The Balaban J connectivity index is 1.85. The van der Waals surface area contributed by atoms with E-state index in [0.29, 0.717) is 32.4 Å². The minimum Gasteiger partial charge on any atom is -0.349 e. The predicted molar refractivity (Wildman–Crippen MR) is 85.3 cm³/mol. The third kappa shape index (κ3) is 2.58. The normalized spacial score (nSPS) is 22.2. The van der Waals surface area contributed by atoms with E-state index in [1.54, 1.807) is 19.0 Å². The Bertz CT molecular complexity index is 651. The van der Waals surface area contributed by atoms with Crippen molar-refractivity contribution in [2.75, 3.05) is 27.2 Å². The zero-order valence-electron chi connectivity index (χ0n) is 14.0. The third-order valence-electron chi connectivity index (χ3n) is 5.32. The fourth-order valence-electron chi connectivity index (χ4n) is 3.87. The Hall–Kier alpha value is -1.98. The highest BCUT2D eigenvalue weighted by Gasteiger charge is 2.51. The van der Waals surface area contributed by atoms with Crippen molar-refractivity contribution in [3.8, 4) is 0 Å². The van der Waals surface area contributed by atoms with Crippen LogP contribution in [0, 0.1) is 17.6 Å². The van der Waals surface area contributed by atoms with Crippen molar-refractivity contribution < 1.29 is 18.4 Å². The van der Waals surface area contributed by atoms with Crippen LogP contribution in [0.15, 0.2) is 18.2 Å². The summed E-state index contributed by atoms with van der Waals surface area (Å²) in [6.45, 7) is 0.786. The topological polar surface area (TPSA) is 40.6 Å². The van der Waals surface area contributed by atoms with Gasteiger partial charge in [-0.2, -0.15) is 0 Å². The first-order valence-electron chi connectivity index (χ1n) is 8.32. The van der Waals surface area contributed by atoms with E-state index in [-0.39, 0.29) is 23.3 Å². The Kier molecular flexibility index (Phi) is 4.32. The number of likely N-dealkylation sites (tertiary alicyclic amines) is 1. The SMILES string of the molecule is CN(C)C(=O)C1CCN(C(=O)C2(c3c(F)cccc3F)CCC2)C1. The van der Waals surface area contributed by atoms with Gasteiger partial charge in [0.25, 0.3) is 0 Å². The van der Waals surface area contributed by atoms with E-state index in [2.05, 4.69) is 0 Å². The van der Waals surface area contributed by atoms with Gasteiger partial charge < -0.3 is 9.80 Å². The predicted octanol–water partition coefficient (Wildman–Crippen LogP) is 2.32. The molecular formula is C18H22F2N2O2. The number of nitrogens with zero attached hydrogens (tertiary/aromatic N) is 2. The van der Waals surface area contributed by atoms with Crippen molar-refractivity contribution in [2.45, 2.75) is 31.1 Å². The summed E-state index contributed by atoms with van der Waals surface area (Å²) < 4.78 is 28.5. The first kappa shape index (κ1) is 16.9. The first-order valence-corrected chi connectivity index (χ1v) is 8.32. The van der Waals surface area contributed by atoms with Crippen LogP contribution in [-0.4, -0.2) is 48.8 Å². The van der Waals surface area contributed by atoms with Crippen LogP contribution in [0.1, 0.15) is 31.2 Å². The van der Waals surface area contributed by atoms with Crippen LogP contribution < -0.4 is 0 Å². The van der Waals surface area contributed by atoms with E-state index in [1.807, 2.05) is 0 Å². The molecule has 2 aliphatic rings. The van der Waals surface area contributed by atoms with E-state index < -0.39 is 17.0 Å². The van der Waals surface area contributed by atoms with Gasteiger partial charge in [-0.25, -0.2) is 8.78 Å². The van der Waals surface area contributed by atoms with Gasteiger partial charge >= 0.3 is 0 Å². The molecule has 1 aromatic rings. The fourth-order valence-corrected chi connectivity index (χ4v) is 3.87. The average Bonchev–Trinajstić information content (AvgIpc) is 2.97. The second kappa shape index (κ2) is 6.15. The molecule has 1 unspecified atom stereocenters. The number of rotatable bonds is 3. The molecule has 1 heterocycles. The van der Waals surface area contributed by atoms with Crippen molar-refractivity contribution in [1.82, 2.24) is 9.80 Å². The molecule has 24 heavy (non-hydrogen) atoms. The number of amides is 2. The molecule has 1 saturated heterocycles. The van der Waals surface area contributed by atoms with E-state index in [9.17, 15) is 18.4 Å². The summed E-state index contributed by atoms with van der Waals surface area (Å²) in [6.07, 6.45) is 2.27. The largest absolute Gasteiger partial charge is 0.349 e. The second-order valence-electron chi connectivity index (χ2n) is 7.00. The Morgan fingerprint density at radius 3 is 2.33 bits per heavy atom. The lowest BCUT2D eigenvalue weighted by Crippen LogP contribution is -2.51. The third-order valence-corrected chi connectivity index (χ3v) is 5.32. The summed E-state index contributed by atoms with van der Waals surface area (Å²) in [5, 5.41) is 0. The number of carbonyl (C=O) groups excluding carboxylic acids is 2. The number of carbonyl (C=O) groups is 2. The highest BCUT2D eigenvalue weighted by Crippen LogP contribution is 2.47. The molecule has 0 radical (unpaired) electrons. The lowest BCUT2D eigenvalue weighted by atomic mass is 9.63. The summed E-state index contributed by atoms with van der Waals surface area (Å²) in [4.78, 5) is 28.3. The highest BCUT2D eigenvalue weighted by molar-refractivity contribution is 5.90. The summed E-state index contributed by atoms with van der Waals surface area (Å²) in [5.74, 6) is -1.81. The Morgan fingerprint density at radius 2 is 1.83 bits per heavy atom. The van der Waals surface area contributed by atoms with Gasteiger partial charge in [-0.05, 0) is 31.4 Å². The van der Waals surface area contributed by atoms with Crippen LogP contribution in [0.5, 0.6) is 0 Å². The lowest BCUT2D eigenvalue weighted by Gasteiger charge is -2.43. The van der Waals surface area contributed by atoms with Crippen molar-refractivity contribution in [1.29, 1.82) is 0 Å². The van der Waals surface area contributed by atoms with Crippen LogP contribution in [0.4, 0.5) is 8.78 Å². The van der Waals surface area contributed by atoms with Gasteiger partial charge in [0.05, 0.1) is 11.3 Å². The number of hydrogen-bond donors (Lipinski definition) is 0. The molecule has 0 bridgehead atoms. The van der Waals surface area contributed by atoms with Gasteiger partial charge in [0, 0.05) is 32.7 Å². The molecular weight excluding hydrogens is 314 g/mol. The van der Waals surface area contributed by atoms with Crippen LogP contribution in [0.2, 0.25) is 0 Å². The molecule has 130 valence electrons. The van der Waals surface area contributed by atoms with Crippen molar-refractivity contribution in [3.05, 3.63) is 35.4 Å². The molecule has 1 saturated carbocycles.